The van der Waals surface area contributed by atoms with Crippen molar-refractivity contribution in [1.82, 2.24) is 14.7 Å². The first kappa shape index (κ1) is 20.2. The second kappa shape index (κ2) is 7.77. The third-order valence-corrected chi connectivity index (χ3v) is 6.49. The van der Waals surface area contributed by atoms with Gasteiger partial charge in [-0.05, 0) is 48.5 Å². The molecule has 32 heavy (non-hydrogen) atoms. The Morgan fingerprint density at radius 3 is 2.59 bits per heavy atom. The molecule has 2 aromatic carbocycles. The lowest BCUT2D eigenvalue weighted by atomic mass is 10.1. The molecule has 5 rings (SSSR count). The maximum Gasteiger partial charge on any atom is 0.285 e. The van der Waals surface area contributed by atoms with Gasteiger partial charge in [-0.2, -0.15) is 8.42 Å². The maximum absolute atomic E-state index is 12.5. The van der Waals surface area contributed by atoms with Gasteiger partial charge in [-0.15, -0.1) is 4.40 Å². The smallest absolute Gasteiger partial charge is 0.285 e. The Morgan fingerprint density at radius 2 is 1.78 bits per heavy atom. The lowest BCUT2D eigenvalue weighted by Gasteiger charge is -2.08. The Balaban J connectivity index is 1.26. The summed E-state index contributed by atoms with van der Waals surface area (Å²) in [6.07, 6.45) is 3.56. The average Bonchev–Trinajstić information content (AvgIpc) is 3.30. The minimum absolute atomic E-state index is 0.174. The van der Waals surface area contributed by atoms with E-state index in [0.29, 0.717) is 27.5 Å². The van der Waals surface area contributed by atoms with Crippen LogP contribution in [0, 0.1) is 0 Å². The Kier molecular flexibility index (Phi) is 4.91. The molecule has 0 spiro atoms. The molecule has 8 nitrogen and oxygen atoms in total. The van der Waals surface area contributed by atoms with E-state index in [1.54, 1.807) is 65.2 Å². The Morgan fingerprint density at radius 1 is 1.00 bits per heavy atom. The molecule has 0 fully saturated rings. The summed E-state index contributed by atoms with van der Waals surface area (Å²) in [5.74, 6) is 0.00234. The number of hydrogen-bond acceptors (Lipinski definition) is 5. The molecular weight excluding hydrogens is 450 g/mol. The number of nitrogens with zero attached hydrogens (tertiary/aromatic N) is 3. The molecule has 0 aliphatic carbocycles. The Hall–Kier alpha value is -3.69. The summed E-state index contributed by atoms with van der Waals surface area (Å²) in [6, 6.07) is 16.9. The second-order valence-electron chi connectivity index (χ2n) is 7.14. The molecule has 2 N–H and O–H groups in total. The third kappa shape index (κ3) is 3.83. The highest BCUT2D eigenvalue weighted by atomic mass is 35.5. The summed E-state index contributed by atoms with van der Waals surface area (Å²) >= 11 is 5.98. The molecule has 0 bridgehead atoms. The number of nitrogens with one attached hydrogen (secondary N) is 2. The van der Waals surface area contributed by atoms with Crippen LogP contribution in [-0.4, -0.2) is 29.5 Å². The number of carbonyl (C=O) groups excluding carboxylic acids is 1. The van der Waals surface area contributed by atoms with Crippen LogP contribution >= 0.6 is 11.6 Å². The van der Waals surface area contributed by atoms with Crippen LogP contribution in [-0.2, 0) is 16.6 Å². The lowest BCUT2D eigenvalue weighted by Crippen LogP contribution is -2.23. The van der Waals surface area contributed by atoms with E-state index >= 15 is 0 Å². The number of sulfonamides is 1. The van der Waals surface area contributed by atoms with Gasteiger partial charge in [-0.1, -0.05) is 23.7 Å². The number of hydrogen-bond donors (Lipinski definition) is 2. The number of imidazole rings is 1. The topological polar surface area (TPSA) is 105 Å². The quantitative estimate of drug-likeness (QED) is 0.480. The predicted molar refractivity (Wildman–Crippen MR) is 122 cm³/mol. The molecule has 0 unspecified atom stereocenters. The van der Waals surface area contributed by atoms with Gasteiger partial charge in [0.25, 0.3) is 15.9 Å². The Bertz CT molecular complexity index is 1490. The van der Waals surface area contributed by atoms with Crippen molar-refractivity contribution in [3.05, 3.63) is 94.9 Å². The van der Waals surface area contributed by atoms with Gasteiger partial charge in [-0.25, -0.2) is 4.98 Å². The molecule has 160 valence electrons. The van der Waals surface area contributed by atoms with E-state index < -0.39 is 10.0 Å². The molecular formula is C22H16ClN5O3S. The summed E-state index contributed by atoms with van der Waals surface area (Å²) in [5, 5.41) is 6.45. The van der Waals surface area contributed by atoms with Crippen LogP contribution in [0.2, 0.25) is 5.02 Å². The molecule has 4 aromatic rings. The summed E-state index contributed by atoms with van der Waals surface area (Å²) in [4.78, 5) is 17.1. The molecule has 0 saturated heterocycles. The first-order valence-electron chi connectivity index (χ1n) is 9.62. The highest BCUT2D eigenvalue weighted by molar-refractivity contribution is 7.90. The van der Waals surface area contributed by atoms with Crippen molar-refractivity contribution < 1.29 is 13.2 Å². The van der Waals surface area contributed by atoms with Crippen LogP contribution in [0.4, 0.5) is 5.69 Å². The molecule has 0 atom stereocenters. The van der Waals surface area contributed by atoms with E-state index in [2.05, 4.69) is 20.0 Å². The largest absolute Gasteiger partial charge is 0.346 e. The van der Waals surface area contributed by atoms with Crippen LogP contribution in [0.3, 0.4) is 0 Å². The highest BCUT2D eigenvalue weighted by Gasteiger charge is 2.28. The summed E-state index contributed by atoms with van der Waals surface area (Å²) in [7, 11) is -3.70. The minimum atomic E-state index is -3.70. The number of carbonyl (C=O) groups is 1. The maximum atomic E-state index is 12.5. The van der Waals surface area contributed by atoms with Crippen molar-refractivity contribution in [1.29, 1.82) is 0 Å². The van der Waals surface area contributed by atoms with Crippen LogP contribution in [0.5, 0.6) is 0 Å². The van der Waals surface area contributed by atoms with Gasteiger partial charge in [0.05, 0.1) is 17.3 Å². The predicted octanol–water partition coefficient (Wildman–Crippen LogP) is 3.48. The molecule has 1 aliphatic heterocycles. The lowest BCUT2D eigenvalue weighted by molar-refractivity contribution is 0.0950. The van der Waals surface area contributed by atoms with Gasteiger partial charge in [0, 0.05) is 29.2 Å². The zero-order valence-electron chi connectivity index (χ0n) is 16.5. The number of halogens is 1. The number of fused-ring (bicyclic) bond motifs is 2. The van der Waals surface area contributed by atoms with Crippen molar-refractivity contribution in [2.45, 2.75) is 11.4 Å². The van der Waals surface area contributed by atoms with Crippen molar-refractivity contribution in [3.8, 4) is 0 Å². The van der Waals surface area contributed by atoms with Crippen LogP contribution in [0.15, 0.2) is 82.4 Å². The average molecular weight is 466 g/mol. The minimum Gasteiger partial charge on any atom is -0.346 e. The van der Waals surface area contributed by atoms with Crippen molar-refractivity contribution in [2.75, 3.05) is 5.32 Å². The van der Waals surface area contributed by atoms with Gasteiger partial charge in [-0.3, -0.25) is 4.79 Å². The number of aromatic nitrogens is 2. The zero-order valence-corrected chi connectivity index (χ0v) is 18.1. The molecule has 1 amide bonds. The number of benzene rings is 2. The number of anilines is 1. The van der Waals surface area contributed by atoms with Gasteiger partial charge in [0.1, 0.15) is 10.5 Å². The number of amidine groups is 1. The Labute approximate surface area is 188 Å². The number of rotatable bonds is 4. The van der Waals surface area contributed by atoms with Crippen LogP contribution < -0.4 is 10.6 Å². The third-order valence-electron chi connectivity index (χ3n) is 4.94. The SMILES string of the molecule is O=C(NCc1cn2cc(Cl)ccc2n1)c1ccc(NC2=NS(=O)(=O)c3ccccc32)cc1. The van der Waals surface area contributed by atoms with Gasteiger partial charge in [0.15, 0.2) is 5.84 Å². The molecule has 3 heterocycles. The first-order chi connectivity index (χ1) is 15.4. The monoisotopic (exact) mass is 465 g/mol. The normalized spacial score (nSPS) is 14.1. The number of pyridine rings is 1. The van der Waals surface area contributed by atoms with E-state index in [1.807, 2.05) is 6.20 Å². The fourth-order valence-electron chi connectivity index (χ4n) is 3.41. The summed E-state index contributed by atoms with van der Waals surface area (Å²) in [6.45, 7) is 0.267. The molecule has 10 heteroatoms. The second-order valence-corrected chi connectivity index (χ2v) is 9.15. The van der Waals surface area contributed by atoms with Gasteiger partial charge in [0.2, 0.25) is 0 Å². The van der Waals surface area contributed by atoms with Crippen LogP contribution in [0.1, 0.15) is 21.6 Å². The van der Waals surface area contributed by atoms with E-state index in [-0.39, 0.29) is 23.2 Å². The van der Waals surface area contributed by atoms with Crippen molar-refractivity contribution in [3.63, 3.8) is 0 Å². The fraction of sp³-hybridized carbons (Fsp3) is 0.0455. The van der Waals surface area contributed by atoms with Crippen LogP contribution in [0.25, 0.3) is 5.65 Å². The van der Waals surface area contributed by atoms with Crippen molar-refractivity contribution >= 4 is 44.7 Å². The number of amides is 1. The molecule has 1 aliphatic rings. The zero-order chi connectivity index (χ0) is 22.3. The summed E-state index contributed by atoms with van der Waals surface area (Å²) < 4.78 is 29.9. The highest BCUT2D eigenvalue weighted by Crippen LogP contribution is 2.26. The molecule has 0 saturated carbocycles. The fourth-order valence-corrected chi connectivity index (χ4v) is 4.76. The van der Waals surface area contributed by atoms with E-state index in [0.717, 1.165) is 5.65 Å². The van der Waals surface area contributed by atoms with Gasteiger partial charge >= 0.3 is 0 Å². The van der Waals surface area contributed by atoms with Gasteiger partial charge < -0.3 is 15.0 Å². The standard InChI is InChI=1S/C22H16ClN5O3S/c23-15-7-10-20-25-17(13-28(20)12-15)11-24-22(29)14-5-8-16(9-6-14)26-21-18-3-1-2-4-19(18)32(30,31)27-21/h1-10,12-13H,11H2,(H,24,29)(H,26,27). The van der Waals surface area contributed by atoms with E-state index in [9.17, 15) is 13.2 Å². The summed E-state index contributed by atoms with van der Waals surface area (Å²) in [5.41, 5.74) is 3.04. The molecule has 0 radical (unpaired) electrons. The van der Waals surface area contributed by atoms with Crippen molar-refractivity contribution in [2.24, 2.45) is 4.40 Å². The van der Waals surface area contributed by atoms with E-state index in [4.69, 9.17) is 11.6 Å². The first-order valence-corrected chi connectivity index (χ1v) is 11.4. The molecule has 2 aromatic heterocycles. The van der Waals surface area contributed by atoms with E-state index in [1.165, 1.54) is 6.07 Å².